The zero-order valence-electron chi connectivity index (χ0n) is 8.74. The van der Waals surface area contributed by atoms with Crippen LogP contribution in [0.15, 0.2) is 33.3 Å². The molecule has 0 unspecified atom stereocenters. The monoisotopic (exact) mass is 282 g/mol. The van der Waals surface area contributed by atoms with E-state index in [0.29, 0.717) is 18.0 Å². The molecule has 2 aromatic rings. The zero-order chi connectivity index (χ0) is 11.5. The number of nitrogens with two attached hydrogens (primary N) is 1. The van der Waals surface area contributed by atoms with Gasteiger partial charge in [0.2, 0.25) is 0 Å². The third-order valence-electron chi connectivity index (χ3n) is 2.03. The first-order valence-electron chi connectivity index (χ1n) is 4.75. The van der Waals surface area contributed by atoms with Crippen LogP contribution in [-0.2, 0) is 6.61 Å². The van der Waals surface area contributed by atoms with Crippen molar-refractivity contribution in [1.29, 1.82) is 0 Å². The summed E-state index contributed by atoms with van der Waals surface area (Å²) in [4.78, 5) is 0. The number of ether oxygens (including phenoxy) is 1. The van der Waals surface area contributed by atoms with E-state index < -0.39 is 0 Å². The van der Waals surface area contributed by atoms with E-state index in [9.17, 15) is 0 Å². The van der Waals surface area contributed by atoms with Gasteiger partial charge in [-0.1, -0.05) is 21.1 Å². The third-order valence-corrected chi connectivity index (χ3v) is 2.52. The summed E-state index contributed by atoms with van der Waals surface area (Å²) in [5.41, 5.74) is 7.12. The first-order valence-corrected chi connectivity index (χ1v) is 5.54. The molecule has 2 rings (SSSR count). The lowest BCUT2D eigenvalue weighted by molar-refractivity contribution is 0.289. The summed E-state index contributed by atoms with van der Waals surface area (Å²) >= 11 is 3.36. The standard InChI is InChI=1S/C11H11BrN2O2/c1-7-4-9(14-16-7)6-15-11-5-8(12)2-3-10(11)13/h2-5H,6,13H2,1H3. The Kier molecular flexibility index (Phi) is 3.14. The van der Waals surface area contributed by atoms with Crippen LogP contribution < -0.4 is 10.5 Å². The van der Waals surface area contributed by atoms with Gasteiger partial charge in [-0.05, 0) is 25.1 Å². The molecule has 0 aliphatic carbocycles. The van der Waals surface area contributed by atoms with Gasteiger partial charge in [-0.2, -0.15) is 0 Å². The lowest BCUT2D eigenvalue weighted by Gasteiger charge is -2.07. The van der Waals surface area contributed by atoms with Gasteiger partial charge in [0.25, 0.3) is 0 Å². The predicted octanol–water partition coefficient (Wildman–Crippen LogP) is 2.91. The van der Waals surface area contributed by atoms with Crippen LogP contribution in [0.2, 0.25) is 0 Å². The summed E-state index contributed by atoms with van der Waals surface area (Å²) in [7, 11) is 0. The number of aryl methyl sites for hydroxylation is 1. The van der Waals surface area contributed by atoms with Crippen molar-refractivity contribution in [2.24, 2.45) is 0 Å². The lowest BCUT2D eigenvalue weighted by Crippen LogP contribution is -1.98. The van der Waals surface area contributed by atoms with Crippen LogP contribution in [0.3, 0.4) is 0 Å². The van der Waals surface area contributed by atoms with Crippen LogP contribution in [0.4, 0.5) is 5.69 Å². The van der Waals surface area contributed by atoms with E-state index in [1.54, 1.807) is 6.07 Å². The fraction of sp³-hybridized carbons (Fsp3) is 0.182. The van der Waals surface area contributed by atoms with Crippen LogP contribution in [0.5, 0.6) is 5.75 Å². The Morgan fingerprint density at radius 2 is 2.25 bits per heavy atom. The third kappa shape index (κ3) is 2.55. The fourth-order valence-electron chi connectivity index (χ4n) is 1.27. The van der Waals surface area contributed by atoms with E-state index in [1.807, 2.05) is 25.1 Å². The molecule has 84 valence electrons. The molecular formula is C11H11BrN2O2. The highest BCUT2D eigenvalue weighted by molar-refractivity contribution is 9.10. The van der Waals surface area contributed by atoms with Crippen LogP contribution in [0, 0.1) is 6.92 Å². The number of nitrogens with zero attached hydrogens (tertiary/aromatic N) is 1. The molecule has 0 amide bonds. The van der Waals surface area contributed by atoms with E-state index in [-0.39, 0.29) is 0 Å². The van der Waals surface area contributed by atoms with Gasteiger partial charge in [0, 0.05) is 10.5 Å². The quantitative estimate of drug-likeness (QED) is 0.880. The number of anilines is 1. The maximum absolute atomic E-state index is 5.77. The Hall–Kier alpha value is -1.49. The molecule has 1 aromatic heterocycles. The molecule has 5 heteroatoms. The molecule has 0 atom stereocenters. The molecule has 16 heavy (non-hydrogen) atoms. The van der Waals surface area contributed by atoms with Gasteiger partial charge in [-0.25, -0.2) is 0 Å². The number of aromatic nitrogens is 1. The van der Waals surface area contributed by atoms with Gasteiger partial charge in [0.15, 0.2) is 0 Å². The maximum Gasteiger partial charge on any atom is 0.143 e. The Labute approximate surface area is 102 Å². The van der Waals surface area contributed by atoms with Crippen LogP contribution in [0.1, 0.15) is 11.5 Å². The highest BCUT2D eigenvalue weighted by atomic mass is 79.9. The first-order chi connectivity index (χ1) is 7.65. The van der Waals surface area contributed by atoms with E-state index >= 15 is 0 Å². The SMILES string of the molecule is Cc1cc(COc2cc(Br)ccc2N)no1. The number of hydrogen-bond acceptors (Lipinski definition) is 4. The molecule has 0 aliphatic rings. The molecule has 0 aliphatic heterocycles. The smallest absolute Gasteiger partial charge is 0.143 e. The molecule has 4 nitrogen and oxygen atoms in total. The van der Waals surface area contributed by atoms with Crippen molar-refractivity contribution >= 4 is 21.6 Å². The molecule has 1 heterocycles. The summed E-state index contributed by atoms with van der Waals surface area (Å²) in [6.07, 6.45) is 0. The van der Waals surface area contributed by atoms with Crippen molar-refractivity contribution in [3.8, 4) is 5.75 Å². The number of rotatable bonds is 3. The van der Waals surface area contributed by atoms with Crippen LogP contribution in [-0.4, -0.2) is 5.16 Å². The minimum atomic E-state index is 0.345. The molecule has 0 radical (unpaired) electrons. The minimum Gasteiger partial charge on any atom is -0.485 e. The van der Waals surface area contributed by atoms with Gasteiger partial charge < -0.3 is 15.0 Å². The number of halogens is 1. The van der Waals surface area contributed by atoms with Crippen molar-refractivity contribution < 1.29 is 9.26 Å². The Morgan fingerprint density at radius 1 is 1.44 bits per heavy atom. The average Bonchev–Trinajstić information content (AvgIpc) is 2.66. The van der Waals surface area contributed by atoms with Gasteiger partial charge in [-0.3, -0.25) is 0 Å². The first kappa shape index (κ1) is 11.0. The highest BCUT2D eigenvalue weighted by Gasteiger charge is 2.04. The second kappa shape index (κ2) is 4.57. The van der Waals surface area contributed by atoms with E-state index in [4.69, 9.17) is 15.0 Å². The van der Waals surface area contributed by atoms with Gasteiger partial charge in [0.05, 0.1) is 5.69 Å². The Morgan fingerprint density at radius 3 is 2.94 bits per heavy atom. The van der Waals surface area contributed by atoms with E-state index in [1.165, 1.54) is 0 Å². The molecule has 0 bridgehead atoms. The van der Waals surface area contributed by atoms with Crippen LogP contribution in [0.25, 0.3) is 0 Å². The molecule has 0 saturated carbocycles. The van der Waals surface area contributed by atoms with Crippen molar-refractivity contribution in [3.05, 3.63) is 40.2 Å². The molecule has 0 spiro atoms. The predicted molar refractivity (Wildman–Crippen MR) is 64.1 cm³/mol. The Balaban J connectivity index is 2.07. The van der Waals surface area contributed by atoms with Crippen molar-refractivity contribution in [3.63, 3.8) is 0 Å². The number of benzene rings is 1. The van der Waals surface area contributed by atoms with Gasteiger partial charge >= 0.3 is 0 Å². The lowest BCUT2D eigenvalue weighted by atomic mass is 10.3. The van der Waals surface area contributed by atoms with Crippen molar-refractivity contribution in [1.82, 2.24) is 5.16 Å². The maximum atomic E-state index is 5.77. The second-order valence-electron chi connectivity index (χ2n) is 3.40. The molecule has 0 fully saturated rings. The Bertz CT molecular complexity index is 496. The molecule has 1 aromatic carbocycles. The summed E-state index contributed by atoms with van der Waals surface area (Å²) in [6.45, 7) is 2.18. The summed E-state index contributed by atoms with van der Waals surface area (Å²) in [6, 6.07) is 7.30. The largest absolute Gasteiger partial charge is 0.485 e. The van der Waals surface area contributed by atoms with E-state index in [0.717, 1.165) is 15.9 Å². The van der Waals surface area contributed by atoms with Crippen LogP contribution >= 0.6 is 15.9 Å². The second-order valence-corrected chi connectivity index (χ2v) is 4.32. The average molecular weight is 283 g/mol. The minimum absolute atomic E-state index is 0.345. The zero-order valence-corrected chi connectivity index (χ0v) is 10.3. The summed E-state index contributed by atoms with van der Waals surface area (Å²) in [5.74, 6) is 1.40. The van der Waals surface area contributed by atoms with Crippen molar-refractivity contribution in [2.75, 3.05) is 5.73 Å². The molecular weight excluding hydrogens is 272 g/mol. The number of hydrogen-bond donors (Lipinski definition) is 1. The normalized spacial score (nSPS) is 10.4. The van der Waals surface area contributed by atoms with Gasteiger partial charge in [-0.15, -0.1) is 0 Å². The topological polar surface area (TPSA) is 61.3 Å². The fourth-order valence-corrected chi connectivity index (χ4v) is 1.61. The van der Waals surface area contributed by atoms with Crippen molar-refractivity contribution in [2.45, 2.75) is 13.5 Å². The molecule has 2 N–H and O–H groups in total. The highest BCUT2D eigenvalue weighted by Crippen LogP contribution is 2.26. The molecule has 0 saturated heterocycles. The number of nitrogen functional groups attached to an aromatic ring is 1. The summed E-state index contributed by atoms with van der Waals surface area (Å²) < 4.78 is 11.4. The summed E-state index contributed by atoms with van der Waals surface area (Å²) in [5, 5.41) is 3.83. The van der Waals surface area contributed by atoms with Gasteiger partial charge in [0.1, 0.15) is 23.8 Å². The van der Waals surface area contributed by atoms with E-state index in [2.05, 4.69) is 21.1 Å².